The number of ether oxygens (including phenoxy) is 1. The molecule has 6 nitrogen and oxygen atoms in total. The predicted molar refractivity (Wildman–Crippen MR) is 57.2 cm³/mol. The van der Waals surface area contributed by atoms with Gasteiger partial charge in [-0.25, -0.2) is 9.59 Å². The number of carbonyl (C=O) groups is 3. The maximum atomic E-state index is 11.2. The molecule has 0 amide bonds. The average molecular weight is 230 g/mol. The SMILES string of the molecule is CC(C)C(=O)C(=O)OC(=O)[C@H](N)CCCN. The van der Waals surface area contributed by atoms with E-state index < -0.39 is 29.7 Å². The number of nitrogens with two attached hydrogens (primary N) is 2. The smallest absolute Gasteiger partial charge is 0.382 e. The Bertz CT molecular complexity index is 276. The molecule has 0 aromatic heterocycles. The first-order chi connectivity index (χ1) is 7.40. The van der Waals surface area contributed by atoms with Gasteiger partial charge in [-0.05, 0) is 19.4 Å². The van der Waals surface area contributed by atoms with E-state index in [0.717, 1.165) is 0 Å². The zero-order valence-corrected chi connectivity index (χ0v) is 9.56. The summed E-state index contributed by atoms with van der Waals surface area (Å²) in [7, 11) is 0. The van der Waals surface area contributed by atoms with E-state index in [-0.39, 0.29) is 0 Å². The molecule has 0 saturated carbocycles. The highest BCUT2D eigenvalue weighted by Gasteiger charge is 2.25. The minimum Gasteiger partial charge on any atom is -0.386 e. The van der Waals surface area contributed by atoms with Crippen molar-refractivity contribution >= 4 is 17.7 Å². The van der Waals surface area contributed by atoms with E-state index in [1.54, 1.807) is 13.8 Å². The number of hydrogen-bond acceptors (Lipinski definition) is 6. The van der Waals surface area contributed by atoms with Crippen LogP contribution in [0.2, 0.25) is 0 Å². The molecule has 0 aromatic rings. The van der Waals surface area contributed by atoms with Crippen molar-refractivity contribution in [2.45, 2.75) is 32.7 Å². The van der Waals surface area contributed by atoms with Gasteiger partial charge in [0.1, 0.15) is 6.04 Å². The third kappa shape index (κ3) is 4.99. The summed E-state index contributed by atoms with van der Waals surface area (Å²) >= 11 is 0. The van der Waals surface area contributed by atoms with Crippen molar-refractivity contribution in [3.05, 3.63) is 0 Å². The highest BCUT2D eigenvalue weighted by Crippen LogP contribution is 2.00. The van der Waals surface area contributed by atoms with Gasteiger partial charge in [0.15, 0.2) is 0 Å². The first-order valence-corrected chi connectivity index (χ1v) is 5.15. The Morgan fingerprint density at radius 3 is 2.25 bits per heavy atom. The normalized spacial score (nSPS) is 12.3. The lowest BCUT2D eigenvalue weighted by Crippen LogP contribution is -2.36. The molecule has 0 bridgehead atoms. The van der Waals surface area contributed by atoms with Gasteiger partial charge in [0, 0.05) is 5.92 Å². The van der Waals surface area contributed by atoms with Crippen LogP contribution in [0, 0.1) is 5.92 Å². The molecule has 0 aliphatic rings. The second kappa shape index (κ2) is 7.08. The lowest BCUT2D eigenvalue weighted by Gasteiger charge is -2.09. The van der Waals surface area contributed by atoms with Crippen LogP contribution >= 0.6 is 0 Å². The molecule has 0 heterocycles. The van der Waals surface area contributed by atoms with Gasteiger partial charge in [0.05, 0.1) is 0 Å². The van der Waals surface area contributed by atoms with Gasteiger partial charge in [-0.2, -0.15) is 0 Å². The quantitative estimate of drug-likeness (QED) is 0.356. The van der Waals surface area contributed by atoms with E-state index in [2.05, 4.69) is 4.74 Å². The number of hydrogen-bond donors (Lipinski definition) is 2. The first kappa shape index (κ1) is 14.7. The topological polar surface area (TPSA) is 112 Å². The van der Waals surface area contributed by atoms with Crippen molar-refractivity contribution in [1.82, 2.24) is 0 Å². The van der Waals surface area contributed by atoms with E-state index in [4.69, 9.17) is 11.5 Å². The summed E-state index contributed by atoms with van der Waals surface area (Å²) in [6, 6.07) is -0.910. The lowest BCUT2D eigenvalue weighted by molar-refractivity contribution is -0.165. The molecule has 0 unspecified atom stereocenters. The summed E-state index contributed by atoms with van der Waals surface area (Å²) in [5.41, 5.74) is 10.7. The van der Waals surface area contributed by atoms with Crippen LogP contribution < -0.4 is 11.5 Å². The fraction of sp³-hybridized carbons (Fsp3) is 0.700. The second-order valence-electron chi connectivity index (χ2n) is 3.76. The number of ketones is 1. The summed E-state index contributed by atoms with van der Waals surface area (Å²) in [4.78, 5) is 33.5. The Balaban J connectivity index is 4.14. The van der Waals surface area contributed by atoms with Crippen molar-refractivity contribution in [2.24, 2.45) is 17.4 Å². The van der Waals surface area contributed by atoms with Crippen LogP contribution in [0.5, 0.6) is 0 Å². The van der Waals surface area contributed by atoms with Crippen molar-refractivity contribution in [1.29, 1.82) is 0 Å². The third-order valence-electron chi connectivity index (χ3n) is 1.94. The molecule has 0 aromatic carbocycles. The Hall–Kier alpha value is -1.27. The molecule has 0 aliphatic carbocycles. The van der Waals surface area contributed by atoms with Gasteiger partial charge in [0.2, 0.25) is 5.78 Å². The van der Waals surface area contributed by atoms with E-state index in [1.807, 2.05) is 0 Å². The van der Waals surface area contributed by atoms with E-state index in [0.29, 0.717) is 19.4 Å². The fourth-order valence-corrected chi connectivity index (χ4v) is 0.909. The second-order valence-corrected chi connectivity index (χ2v) is 3.76. The van der Waals surface area contributed by atoms with Gasteiger partial charge >= 0.3 is 11.9 Å². The van der Waals surface area contributed by atoms with Crippen LogP contribution in [0.25, 0.3) is 0 Å². The Morgan fingerprint density at radius 1 is 1.25 bits per heavy atom. The van der Waals surface area contributed by atoms with E-state index in [1.165, 1.54) is 0 Å². The molecule has 6 heteroatoms. The molecule has 1 atom stereocenters. The van der Waals surface area contributed by atoms with Gasteiger partial charge in [0.25, 0.3) is 0 Å². The molecule has 16 heavy (non-hydrogen) atoms. The van der Waals surface area contributed by atoms with Crippen molar-refractivity contribution in [3.63, 3.8) is 0 Å². The fourth-order valence-electron chi connectivity index (χ4n) is 0.909. The average Bonchev–Trinajstić information content (AvgIpc) is 2.24. The molecule has 0 rings (SSSR count). The van der Waals surface area contributed by atoms with Crippen LogP contribution in [-0.4, -0.2) is 30.3 Å². The Labute approximate surface area is 94.3 Å². The molecular formula is C10H18N2O4. The summed E-state index contributed by atoms with van der Waals surface area (Å²) in [5.74, 6) is -3.27. The molecule has 0 saturated heterocycles. The number of rotatable bonds is 6. The zero-order valence-electron chi connectivity index (χ0n) is 9.56. The number of Topliss-reactive ketones (excluding diaryl/α,β-unsaturated/α-hetero) is 1. The van der Waals surface area contributed by atoms with Gasteiger partial charge < -0.3 is 16.2 Å². The van der Waals surface area contributed by atoms with E-state index >= 15 is 0 Å². The highest BCUT2D eigenvalue weighted by molar-refractivity contribution is 6.35. The summed E-state index contributed by atoms with van der Waals surface area (Å²) < 4.78 is 4.34. The lowest BCUT2D eigenvalue weighted by atomic mass is 10.1. The summed E-state index contributed by atoms with van der Waals surface area (Å²) in [6.45, 7) is 3.49. The number of carbonyl (C=O) groups excluding carboxylic acids is 3. The Kier molecular flexibility index (Phi) is 6.52. The van der Waals surface area contributed by atoms with Crippen molar-refractivity contribution < 1.29 is 19.1 Å². The van der Waals surface area contributed by atoms with Crippen LogP contribution in [0.4, 0.5) is 0 Å². The number of esters is 2. The summed E-state index contributed by atoms with van der Waals surface area (Å²) in [5, 5.41) is 0. The molecule has 4 N–H and O–H groups in total. The van der Waals surface area contributed by atoms with Crippen LogP contribution in [0.1, 0.15) is 26.7 Å². The van der Waals surface area contributed by atoms with Crippen molar-refractivity contribution in [2.75, 3.05) is 6.54 Å². The maximum Gasteiger partial charge on any atom is 0.382 e. The molecule has 0 radical (unpaired) electrons. The molecule has 0 fully saturated rings. The largest absolute Gasteiger partial charge is 0.386 e. The standard InChI is InChI=1S/C10H18N2O4/c1-6(2)8(13)10(15)16-9(14)7(12)4-3-5-11/h6-7H,3-5,11-12H2,1-2H3/t7-/m1/s1. The monoisotopic (exact) mass is 230 g/mol. The summed E-state index contributed by atoms with van der Waals surface area (Å²) in [6.07, 6.45) is 0.890. The van der Waals surface area contributed by atoms with Gasteiger partial charge in [-0.1, -0.05) is 13.8 Å². The zero-order chi connectivity index (χ0) is 12.7. The highest BCUT2D eigenvalue weighted by atomic mass is 16.6. The maximum absolute atomic E-state index is 11.2. The first-order valence-electron chi connectivity index (χ1n) is 5.15. The third-order valence-corrected chi connectivity index (χ3v) is 1.94. The van der Waals surface area contributed by atoms with Gasteiger partial charge in [-0.15, -0.1) is 0 Å². The minimum atomic E-state index is -1.15. The molecule has 0 spiro atoms. The Morgan fingerprint density at radius 2 is 1.81 bits per heavy atom. The van der Waals surface area contributed by atoms with Crippen LogP contribution in [-0.2, 0) is 19.1 Å². The van der Waals surface area contributed by atoms with Crippen molar-refractivity contribution in [3.8, 4) is 0 Å². The van der Waals surface area contributed by atoms with E-state index in [9.17, 15) is 14.4 Å². The van der Waals surface area contributed by atoms with Crippen LogP contribution in [0.15, 0.2) is 0 Å². The molecule has 0 aliphatic heterocycles. The predicted octanol–water partition coefficient (Wildman–Crippen LogP) is -0.652. The molecule has 92 valence electrons. The van der Waals surface area contributed by atoms with Gasteiger partial charge in [-0.3, -0.25) is 4.79 Å². The molecular weight excluding hydrogens is 212 g/mol. The minimum absolute atomic E-state index is 0.332. The van der Waals surface area contributed by atoms with Crippen LogP contribution in [0.3, 0.4) is 0 Å².